The number of anilines is 1. The zero-order valence-electron chi connectivity index (χ0n) is 16.8. The van der Waals surface area contributed by atoms with Gasteiger partial charge in [-0.3, -0.25) is 9.59 Å². The van der Waals surface area contributed by atoms with Gasteiger partial charge in [-0.25, -0.2) is 0 Å². The third-order valence-electron chi connectivity index (χ3n) is 4.92. The van der Waals surface area contributed by atoms with E-state index in [2.05, 4.69) is 31.3 Å². The molecule has 0 fully saturated rings. The van der Waals surface area contributed by atoms with Crippen molar-refractivity contribution in [1.82, 2.24) is 5.32 Å². The molecular weight excluding hydrogens is 390 g/mol. The number of nitrogens with one attached hydrogen (secondary N) is 1. The number of carbonyl (C=O) groups excluding carboxylic acids is 2. The van der Waals surface area contributed by atoms with E-state index < -0.39 is 0 Å². The number of hydrogen-bond acceptors (Lipinski definition) is 4. The molecule has 6 nitrogen and oxygen atoms in total. The Balaban J connectivity index is 0.00000300. The number of nitrogens with two attached hydrogens (primary N) is 1. The molecule has 7 heteroatoms. The summed E-state index contributed by atoms with van der Waals surface area (Å²) in [5, 5.41) is 2.86. The first kappa shape index (κ1) is 22.7. The number of nitrogens with zero attached hydrogens (tertiary/aromatic N) is 1. The second kappa shape index (κ2) is 10.3. The lowest BCUT2D eigenvalue weighted by Gasteiger charge is -2.29. The van der Waals surface area contributed by atoms with E-state index >= 15 is 0 Å². The summed E-state index contributed by atoms with van der Waals surface area (Å²) in [6.45, 7) is 4.95. The van der Waals surface area contributed by atoms with E-state index in [-0.39, 0.29) is 43.3 Å². The molecule has 0 radical (unpaired) electrons. The van der Waals surface area contributed by atoms with Gasteiger partial charge in [0.15, 0.2) is 6.61 Å². The predicted molar refractivity (Wildman–Crippen MR) is 117 cm³/mol. The van der Waals surface area contributed by atoms with Crippen LogP contribution in [-0.2, 0) is 9.59 Å². The van der Waals surface area contributed by atoms with Gasteiger partial charge in [0.25, 0.3) is 5.91 Å². The lowest BCUT2D eigenvalue weighted by molar-refractivity contribution is -0.122. The molecule has 0 saturated heterocycles. The van der Waals surface area contributed by atoms with Crippen LogP contribution in [0.15, 0.2) is 48.5 Å². The second-order valence-electron chi connectivity index (χ2n) is 7.28. The van der Waals surface area contributed by atoms with Crippen molar-refractivity contribution >= 4 is 29.9 Å². The van der Waals surface area contributed by atoms with Crippen molar-refractivity contribution in [1.29, 1.82) is 0 Å². The lowest BCUT2D eigenvalue weighted by Crippen LogP contribution is -2.41. The number of ether oxygens (including phenoxy) is 1. The van der Waals surface area contributed by atoms with Crippen LogP contribution >= 0.6 is 12.4 Å². The Morgan fingerprint density at radius 1 is 1.14 bits per heavy atom. The topological polar surface area (TPSA) is 84.7 Å². The third-order valence-corrected chi connectivity index (χ3v) is 4.92. The molecule has 156 valence electrons. The summed E-state index contributed by atoms with van der Waals surface area (Å²) in [7, 11) is 0. The van der Waals surface area contributed by atoms with Crippen LogP contribution < -0.4 is 20.7 Å². The molecule has 0 bridgehead atoms. The van der Waals surface area contributed by atoms with Crippen LogP contribution in [0.5, 0.6) is 5.75 Å². The zero-order valence-corrected chi connectivity index (χ0v) is 17.6. The molecule has 1 aliphatic heterocycles. The number of rotatable bonds is 7. The SMILES string of the molecule is CC(C)c1ccc(C(N)CNC(=O)CCN2C(=O)COc3ccccc32)cc1.Cl. The number of benzene rings is 2. The maximum absolute atomic E-state index is 12.2. The van der Waals surface area contributed by atoms with Crippen LogP contribution in [0, 0.1) is 0 Å². The van der Waals surface area contributed by atoms with Gasteiger partial charge in [0.2, 0.25) is 5.91 Å². The molecule has 1 unspecified atom stereocenters. The van der Waals surface area contributed by atoms with Crippen molar-refractivity contribution in [3.63, 3.8) is 0 Å². The first-order valence-corrected chi connectivity index (χ1v) is 9.60. The molecule has 1 atom stereocenters. The highest BCUT2D eigenvalue weighted by atomic mass is 35.5. The molecule has 29 heavy (non-hydrogen) atoms. The van der Waals surface area contributed by atoms with E-state index in [0.29, 0.717) is 30.4 Å². The lowest BCUT2D eigenvalue weighted by atomic mass is 9.99. The number of carbonyl (C=O) groups is 2. The van der Waals surface area contributed by atoms with Gasteiger partial charge in [-0.1, -0.05) is 50.2 Å². The van der Waals surface area contributed by atoms with E-state index in [1.54, 1.807) is 4.90 Å². The summed E-state index contributed by atoms with van der Waals surface area (Å²) in [6.07, 6.45) is 0.207. The Morgan fingerprint density at radius 2 is 1.79 bits per heavy atom. The summed E-state index contributed by atoms with van der Waals surface area (Å²) < 4.78 is 5.42. The van der Waals surface area contributed by atoms with Gasteiger partial charge >= 0.3 is 0 Å². The van der Waals surface area contributed by atoms with Crippen LogP contribution in [0.3, 0.4) is 0 Å². The first-order valence-electron chi connectivity index (χ1n) is 9.60. The van der Waals surface area contributed by atoms with Crippen molar-refractivity contribution in [2.75, 3.05) is 24.6 Å². The van der Waals surface area contributed by atoms with E-state index in [1.807, 2.05) is 36.4 Å². The highest BCUT2D eigenvalue weighted by molar-refractivity contribution is 5.98. The van der Waals surface area contributed by atoms with Gasteiger partial charge in [-0.15, -0.1) is 12.4 Å². The van der Waals surface area contributed by atoms with Gasteiger partial charge in [0.05, 0.1) is 5.69 Å². The minimum atomic E-state index is -0.268. The van der Waals surface area contributed by atoms with E-state index in [9.17, 15) is 9.59 Å². The number of fused-ring (bicyclic) bond motifs is 1. The second-order valence-corrected chi connectivity index (χ2v) is 7.28. The zero-order chi connectivity index (χ0) is 20.1. The summed E-state index contributed by atoms with van der Waals surface area (Å²) in [6, 6.07) is 15.2. The first-order chi connectivity index (χ1) is 13.5. The van der Waals surface area contributed by atoms with Crippen LogP contribution in [0.25, 0.3) is 0 Å². The minimum absolute atomic E-state index is 0. The molecule has 2 amide bonds. The molecule has 0 saturated carbocycles. The number of hydrogen-bond donors (Lipinski definition) is 2. The Hall–Kier alpha value is -2.57. The van der Waals surface area contributed by atoms with Crippen molar-refractivity contribution in [3.05, 3.63) is 59.7 Å². The fourth-order valence-electron chi connectivity index (χ4n) is 3.17. The van der Waals surface area contributed by atoms with Gasteiger partial charge in [-0.2, -0.15) is 0 Å². The van der Waals surface area contributed by atoms with Gasteiger partial charge < -0.3 is 20.7 Å². The fourth-order valence-corrected chi connectivity index (χ4v) is 3.17. The average molecular weight is 418 g/mol. The van der Waals surface area contributed by atoms with Crippen molar-refractivity contribution < 1.29 is 14.3 Å². The van der Waals surface area contributed by atoms with Crippen LogP contribution in [0.1, 0.15) is 43.4 Å². The molecule has 1 aliphatic rings. The molecule has 1 heterocycles. The Labute approximate surface area is 177 Å². The van der Waals surface area contributed by atoms with E-state index in [4.69, 9.17) is 10.5 Å². The van der Waals surface area contributed by atoms with E-state index in [1.165, 1.54) is 5.56 Å². The van der Waals surface area contributed by atoms with Crippen LogP contribution in [0.4, 0.5) is 5.69 Å². The predicted octanol–water partition coefficient (Wildman–Crippen LogP) is 3.16. The maximum Gasteiger partial charge on any atom is 0.265 e. The number of amides is 2. The quantitative estimate of drug-likeness (QED) is 0.724. The fraction of sp³-hybridized carbons (Fsp3) is 0.364. The molecule has 3 rings (SSSR count). The smallest absolute Gasteiger partial charge is 0.265 e. The molecule has 0 spiro atoms. The van der Waals surface area contributed by atoms with Gasteiger partial charge in [-0.05, 0) is 29.2 Å². The van der Waals surface area contributed by atoms with Crippen molar-refractivity contribution in [3.8, 4) is 5.75 Å². The standard InChI is InChI=1S/C22H27N3O3.ClH/c1-15(2)16-7-9-17(10-8-16)18(23)13-24-21(26)11-12-25-19-5-3-4-6-20(19)28-14-22(25)27;/h3-10,15,18H,11-14,23H2,1-2H3,(H,24,26);1H. The molecule has 0 aliphatic carbocycles. The Morgan fingerprint density at radius 3 is 2.48 bits per heavy atom. The van der Waals surface area contributed by atoms with Crippen molar-refractivity contribution in [2.45, 2.75) is 32.2 Å². The Bertz CT molecular complexity index is 839. The molecule has 2 aromatic carbocycles. The minimum Gasteiger partial charge on any atom is -0.482 e. The number of halogens is 1. The van der Waals surface area contributed by atoms with Crippen molar-refractivity contribution in [2.24, 2.45) is 5.73 Å². The van der Waals surface area contributed by atoms with Gasteiger partial charge in [0.1, 0.15) is 5.75 Å². The summed E-state index contributed by atoms with van der Waals surface area (Å²) in [5.74, 6) is 0.854. The van der Waals surface area contributed by atoms with Crippen LogP contribution in [-0.4, -0.2) is 31.5 Å². The highest BCUT2D eigenvalue weighted by Crippen LogP contribution is 2.31. The average Bonchev–Trinajstić information content (AvgIpc) is 2.71. The Kier molecular flexibility index (Phi) is 8.05. The largest absolute Gasteiger partial charge is 0.482 e. The molecular formula is C22H28ClN3O3. The third kappa shape index (κ3) is 5.71. The monoisotopic (exact) mass is 417 g/mol. The summed E-state index contributed by atoms with van der Waals surface area (Å²) in [4.78, 5) is 26.0. The molecule has 3 N–H and O–H groups in total. The van der Waals surface area contributed by atoms with Crippen LogP contribution in [0.2, 0.25) is 0 Å². The van der Waals surface area contributed by atoms with Gasteiger partial charge in [0, 0.05) is 25.6 Å². The molecule has 0 aromatic heterocycles. The summed E-state index contributed by atoms with van der Waals surface area (Å²) >= 11 is 0. The maximum atomic E-state index is 12.2. The molecule has 2 aromatic rings. The normalized spacial score (nSPS) is 13.9. The highest BCUT2D eigenvalue weighted by Gasteiger charge is 2.25. The number of para-hydroxylation sites is 2. The summed E-state index contributed by atoms with van der Waals surface area (Å²) in [5.41, 5.74) is 9.15. The van der Waals surface area contributed by atoms with E-state index in [0.717, 1.165) is 5.56 Å².